The number of hydrogen-bond acceptors (Lipinski definition) is 2. The molecule has 1 heterocycles. The largest absolute Gasteiger partial charge is 0.398 e. The molecule has 1 aliphatic heterocycles. The first-order chi connectivity index (χ1) is 7.34. The Morgan fingerprint density at radius 2 is 1.73 bits per heavy atom. The molecular weight excluding hydrogens is 202 g/mol. The van der Waals surface area contributed by atoms with Crippen LogP contribution >= 0.6 is 11.8 Å². The predicted molar refractivity (Wildman–Crippen MR) is 64.2 cm³/mol. The van der Waals surface area contributed by atoms with Crippen LogP contribution in [0, 0.1) is 0 Å². The Morgan fingerprint density at radius 1 is 0.933 bits per heavy atom. The number of benzene rings is 2. The van der Waals surface area contributed by atoms with Crippen molar-refractivity contribution in [3.8, 4) is 0 Å². The lowest BCUT2D eigenvalue weighted by molar-refractivity contribution is 1.06. The highest BCUT2D eigenvalue weighted by Gasteiger charge is 2.16. The summed E-state index contributed by atoms with van der Waals surface area (Å²) in [5.74, 6) is 0. The van der Waals surface area contributed by atoms with Crippen LogP contribution in [0.2, 0.25) is 0 Å². The van der Waals surface area contributed by atoms with Gasteiger partial charge in [0.25, 0.3) is 0 Å². The summed E-state index contributed by atoms with van der Waals surface area (Å²) in [4.78, 5) is 2.66. The first-order valence-electron chi connectivity index (χ1n) is 4.98. The molecule has 0 radical (unpaired) electrons. The summed E-state index contributed by atoms with van der Waals surface area (Å²) in [6, 6.07) is 14.7. The summed E-state index contributed by atoms with van der Waals surface area (Å²) >= 11 is 1.82. The van der Waals surface area contributed by atoms with Gasteiger partial charge < -0.3 is 5.73 Å². The summed E-state index contributed by atoms with van der Waals surface area (Å²) in [5, 5.41) is 0. The van der Waals surface area contributed by atoms with Crippen LogP contribution in [0.15, 0.2) is 52.3 Å². The zero-order valence-corrected chi connectivity index (χ0v) is 9.05. The maximum Gasteiger partial charge on any atom is 0.0361 e. The average molecular weight is 213 g/mol. The Morgan fingerprint density at radius 3 is 2.67 bits per heavy atom. The average Bonchev–Trinajstić information content (AvgIpc) is 2.27. The second-order valence-corrected chi connectivity index (χ2v) is 4.79. The van der Waals surface area contributed by atoms with Crippen molar-refractivity contribution in [3.63, 3.8) is 0 Å². The molecule has 0 aromatic heterocycles. The highest BCUT2D eigenvalue weighted by Crippen LogP contribution is 2.41. The first-order valence-corrected chi connectivity index (χ1v) is 5.79. The molecule has 1 nitrogen and oxygen atoms in total. The second kappa shape index (κ2) is 3.31. The molecule has 3 rings (SSSR count). The molecule has 2 aromatic carbocycles. The van der Waals surface area contributed by atoms with E-state index in [-0.39, 0.29) is 0 Å². The van der Waals surface area contributed by atoms with Crippen molar-refractivity contribution < 1.29 is 0 Å². The monoisotopic (exact) mass is 213 g/mol. The highest BCUT2D eigenvalue weighted by atomic mass is 32.2. The van der Waals surface area contributed by atoms with Crippen molar-refractivity contribution in [1.82, 2.24) is 0 Å². The predicted octanol–water partition coefficient (Wildman–Crippen LogP) is 3.32. The zero-order valence-electron chi connectivity index (χ0n) is 8.23. The summed E-state index contributed by atoms with van der Waals surface area (Å²) in [6.07, 6.45) is 0.963. The molecule has 0 atom stereocenters. The summed E-state index contributed by atoms with van der Waals surface area (Å²) < 4.78 is 0. The van der Waals surface area contributed by atoms with Crippen LogP contribution in [0.4, 0.5) is 5.69 Å². The highest BCUT2D eigenvalue weighted by molar-refractivity contribution is 7.99. The Hall–Kier alpha value is -1.41. The van der Waals surface area contributed by atoms with Crippen LogP contribution in [0.3, 0.4) is 0 Å². The molecule has 74 valence electrons. The van der Waals surface area contributed by atoms with Crippen LogP contribution in [-0.2, 0) is 6.42 Å². The van der Waals surface area contributed by atoms with Crippen LogP contribution in [0.25, 0.3) is 0 Å². The van der Waals surface area contributed by atoms with Gasteiger partial charge in [0.15, 0.2) is 0 Å². The number of nitrogen functional groups attached to an aromatic ring is 1. The van der Waals surface area contributed by atoms with E-state index in [0.29, 0.717) is 0 Å². The quantitative estimate of drug-likeness (QED) is 0.580. The van der Waals surface area contributed by atoms with E-state index < -0.39 is 0 Å². The molecule has 0 amide bonds. The zero-order chi connectivity index (χ0) is 10.3. The summed E-state index contributed by atoms with van der Waals surface area (Å²) in [7, 11) is 0. The Bertz CT molecular complexity index is 520. The topological polar surface area (TPSA) is 26.0 Å². The van der Waals surface area contributed by atoms with E-state index in [1.807, 2.05) is 23.9 Å². The minimum absolute atomic E-state index is 0.912. The van der Waals surface area contributed by atoms with Crippen LogP contribution in [0.1, 0.15) is 11.1 Å². The van der Waals surface area contributed by atoms with Gasteiger partial charge in [0.05, 0.1) is 0 Å². The maximum atomic E-state index is 5.99. The van der Waals surface area contributed by atoms with Gasteiger partial charge in [-0.3, -0.25) is 0 Å². The fraction of sp³-hybridized carbons (Fsp3) is 0.0769. The van der Waals surface area contributed by atoms with Crippen molar-refractivity contribution >= 4 is 17.4 Å². The smallest absolute Gasteiger partial charge is 0.0361 e. The molecule has 0 fully saturated rings. The third-order valence-corrected chi connectivity index (χ3v) is 3.95. The summed E-state index contributed by atoms with van der Waals surface area (Å²) in [5.41, 5.74) is 9.56. The fourth-order valence-electron chi connectivity index (χ4n) is 1.93. The molecule has 2 N–H and O–H groups in total. The van der Waals surface area contributed by atoms with Crippen LogP contribution in [-0.4, -0.2) is 0 Å². The number of nitrogens with two attached hydrogens (primary N) is 1. The molecule has 15 heavy (non-hydrogen) atoms. The molecule has 0 aliphatic carbocycles. The van der Waals surface area contributed by atoms with Crippen LogP contribution < -0.4 is 5.73 Å². The van der Waals surface area contributed by atoms with E-state index >= 15 is 0 Å². The van der Waals surface area contributed by atoms with Gasteiger partial charge in [0.2, 0.25) is 0 Å². The molecule has 0 spiro atoms. The Labute approximate surface area is 93.3 Å². The fourth-order valence-corrected chi connectivity index (χ4v) is 3.04. The maximum absolute atomic E-state index is 5.99. The van der Waals surface area contributed by atoms with Crippen molar-refractivity contribution in [3.05, 3.63) is 53.6 Å². The normalized spacial score (nSPS) is 13.1. The van der Waals surface area contributed by atoms with E-state index in [4.69, 9.17) is 5.73 Å². The second-order valence-electron chi connectivity index (χ2n) is 3.71. The molecule has 0 unspecified atom stereocenters. The molecule has 0 saturated heterocycles. The molecule has 0 bridgehead atoms. The molecule has 2 heteroatoms. The van der Waals surface area contributed by atoms with E-state index in [0.717, 1.165) is 12.1 Å². The van der Waals surface area contributed by atoms with Gasteiger partial charge >= 0.3 is 0 Å². The van der Waals surface area contributed by atoms with Gasteiger partial charge in [-0.15, -0.1) is 0 Å². The lowest BCUT2D eigenvalue weighted by Gasteiger charge is -2.19. The third-order valence-electron chi connectivity index (χ3n) is 2.73. The Balaban J connectivity index is 2.15. The van der Waals surface area contributed by atoms with Crippen molar-refractivity contribution in [2.45, 2.75) is 16.2 Å². The minimum Gasteiger partial charge on any atom is -0.398 e. The lowest BCUT2D eigenvalue weighted by Crippen LogP contribution is -2.03. The van der Waals surface area contributed by atoms with Crippen molar-refractivity contribution in [1.29, 1.82) is 0 Å². The van der Waals surface area contributed by atoms with Gasteiger partial charge in [-0.2, -0.15) is 0 Å². The van der Waals surface area contributed by atoms with Gasteiger partial charge in [-0.25, -0.2) is 0 Å². The number of anilines is 1. The summed E-state index contributed by atoms with van der Waals surface area (Å²) in [6.45, 7) is 0. The van der Waals surface area contributed by atoms with Crippen LogP contribution in [0.5, 0.6) is 0 Å². The first kappa shape index (κ1) is 8.86. The van der Waals surface area contributed by atoms with Gasteiger partial charge in [-0.05, 0) is 29.3 Å². The third kappa shape index (κ3) is 1.41. The van der Waals surface area contributed by atoms with E-state index in [9.17, 15) is 0 Å². The van der Waals surface area contributed by atoms with E-state index in [1.165, 1.54) is 20.9 Å². The van der Waals surface area contributed by atoms with E-state index in [2.05, 4.69) is 30.3 Å². The lowest BCUT2D eigenvalue weighted by atomic mass is 10.0. The van der Waals surface area contributed by atoms with Gasteiger partial charge in [0, 0.05) is 21.9 Å². The molecule has 2 aromatic rings. The Kier molecular flexibility index (Phi) is 1.96. The number of rotatable bonds is 0. The minimum atomic E-state index is 0.912. The molecular formula is C13H11NS. The van der Waals surface area contributed by atoms with Crippen molar-refractivity contribution in [2.24, 2.45) is 0 Å². The number of fused-ring (bicyclic) bond motifs is 2. The SMILES string of the molecule is Nc1cccc2c1Cc1ccccc1S2. The van der Waals surface area contributed by atoms with Gasteiger partial charge in [0.1, 0.15) is 0 Å². The number of hydrogen-bond donors (Lipinski definition) is 1. The molecule has 0 saturated carbocycles. The van der Waals surface area contributed by atoms with Gasteiger partial charge in [-0.1, -0.05) is 36.0 Å². The standard InChI is InChI=1S/C13H11NS/c14-11-5-3-7-13-10(11)8-9-4-1-2-6-12(9)15-13/h1-7H,8,14H2. The molecule has 1 aliphatic rings. The van der Waals surface area contributed by atoms with Crippen molar-refractivity contribution in [2.75, 3.05) is 5.73 Å². The van der Waals surface area contributed by atoms with E-state index in [1.54, 1.807) is 0 Å².